The smallest absolute Gasteiger partial charge is 0.192 e. The van der Waals surface area contributed by atoms with Crippen LogP contribution in [0.2, 0.25) is 0 Å². The second-order valence-electron chi connectivity index (χ2n) is 2.41. The number of nitrogens with two attached hydrogens (primary N) is 2. The van der Waals surface area contributed by atoms with E-state index < -0.39 is 0 Å². The summed E-state index contributed by atoms with van der Waals surface area (Å²) in [4.78, 5) is 14.0. The van der Waals surface area contributed by atoms with E-state index in [1.807, 2.05) is 0 Å². The lowest BCUT2D eigenvalue weighted by molar-refractivity contribution is 1.16. The maximum atomic E-state index is 11.2. The summed E-state index contributed by atoms with van der Waals surface area (Å²) in [5, 5.41) is 3.22. The van der Waals surface area contributed by atoms with Crippen molar-refractivity contribution in [1.82, 2.24) is 4.98 Å². The van der Waals surface area contributed by atoms with Crippen molar-refractivity contribution < 1.29 is 0 Å². The maximum absolute atomic E-state index is 11.2. The third-order valence-corrected chi connectivity index (χ3v) is 1.47. The molecule has 0 radical (unpaired) electrons. The summed E-state index contributed by atoms with van der Waals surface area (Å²) in [7, 11) is 0. The van der Waals surface area contributed by atoms with Crippen molar-refractivity contribution >= 4 is 5.84 Å². The zero-order valence-electron chi connectivity index (χ0n) is 6.66. The average Bonchev–Trinajstić information content (AvgIpc) is 2.03. The zero-order valence-corrected chi connectivity index (χ0v) is 6.66. The van der Waals surface area contributed by atoms with Crippen molar-refractivity contribution in [3.8, 4) is 0 Å². The predicted molar refractivity (Wildman–Crippen MR) is 46.7 cm³/mol. The van der Waals surface area contributed by atoms with Gasteiger partial charge in [-0.25, -0.2) is 0 Å². The van der Waals surface area contributed by atoms with Crippen molar-refractivity contribution in [2.45, 2.75) is 6.92 Å². The van der Waals surface area contributed by atoms with Crippen LogP contribution in [0.4, 0.5) is 0 Å². The van der Waals surface area contributed by atoms with Gasteiger partial charge in [0.1, 0.15) is 0 Å². The van der Waals surface area contributed by atoms with Gasteiger partial charge >= 0.3 is 0 Å². The van der Waals surface area contributed by atoms with Gasteiger partial charge in [0.15, 0.2) is 11.3 Å². The number of pyridine rings is 1. The molecule has 0 aliphatic carbocycles. The summed E-state index contributed by atoms with van der Waals surface area (Å²) < 4.78 is 0. The van der Waals surface area contributed by atoms with Gasteiger partial charge in [-0.1, -0.05) is 0 Å². The van der Waals surface area contributed by atoms with Crippen LogP contribution in [0.5, 0.6) is 0 Å². The molecule has 0 fully saturated rings. The Labute approximate surface area is 69.1 Å². The first kappa shape index (κ1) is 8.32. The molecule has 0 saturated carbocycles. The van der Waals surface area contributed by atoms with Gasteiger partial charge in [-0.3, -0.25) is 4.79 Å². The number of aromatic amines is 1. The molecular formula is C7H10N4O. The molecule has 12 heavy (non-hydrogen) atoms. The summed E-state index contributed by atoms with van der Waals surface area (Å²) in [6, 6.07) is 1.44. The van der Waals surface area contributed by atoms with Crippen LogP contribution in [0.15, 0.2) is 22.2 Å². The van der Waals surface area contributed by atoms with Crippen LogP contribution >= 0.6 is 0 Å². The number of nitrogens with one attached hydrogen (secondary N) is 1. The minimum absolute atomic E-state index is 0.0382. The third-order valence-electron chi connectivity index (χ3n) is 1.47. The van der Waals surface area contributed by atoms with Gasteiger partial charge in [-0.2, -0.15) is 5.10 Å². The van der Waals surface area contributed by atoms with E-state index in [1.165, 1.54) is 12.3 Å². The fourth-order valence-corrected chi connectivity index (χ4v) is 0.843. The van der Waals surface area contributed by atoms with E-state index in [2.05, 4.69) is 10.1 Å². The molecule has 5 N–H and O–H groups in total. The van der Waals surface area contributed by atoms with Gasteiger partial charge in [-0.15, -0.1) is 0 Å². The molecule has 0 saturated heterocycles. The molecule has 0 bridgehead atoms. The largest absolute Gasteiger partial charge is 0.382 e. The summed E-state index contributed by atoms with van der Waals surface area (Å²) in [5.41, 5.74) is 6.23. The first-order valence-electron chi connectivity index (χ1n) is 3.38. The summed E-state index contributed by atoms with van der Waals surface area (Å²) in [5.74, 6) is 4.96. The highest BCUT2D eigenvalue weighted by atomic mass is 16.1. The molecule has 0 amide bonds. The predicted octanol–water partition coefficient (Wildman–Crippen LogP) is -0.738. The van der Waals surface area contributed by atoms with Crippen LogP contribution < -0.4 is 17.0 Å². The number of H-pyrrole nitrogens is 1. The number of nitrogens with zero attached hydrogens (tertiary/aromatic N) is 1. The van der Waals surface area contributed by atoms with Gasteiger partial charge in [-0.05, 0) is 6.92 Å². The molecule has 0 aromatic carbocycles. The number of hydrazone groups is 1. The highest BCUT2D eigenvalue weighted by Gasteiger charge is 2.02. The molecule has 5 nitrogen and oxygen atoms in total. The standard InChI is InChI=1S/C7H10N4O/c1-4-2-6(12)5(3-10-4)7(8)11-9/h2-3H,9H2,1H3,(H2,8,11)(H,10,12). The van der Waals surface area contributed by atoms with E-state index in [-0.39, 0.29) is 11.3 Å². The third kappa shape index (κ3) is 1.45. The first-order valence-corrected chi connectivity index (χ1v) is 3.38. The average molecular weight is 166 g/mol. The number of aromatic nitrogens is 1. The van der Waals surface area contributed by atoms with Crippen molar-refractivity contribution in [3.05, 3.63) is 33.7 Å². The Morgan fingerprint density at radius 2 is 2.33 bits per heavy atom. The van der Waals surface area contributed by atoms with Gasteiger partial charge in [0.25, 0.3) is 0 Å². The summed E-state index contributed by atoms with van der Waals surface area (Å²) in [6.07, 6.45) is 1.49. The van der Waals surface area contributed by atoms with Crippen molar-refractivity contribution in [1.29, 1.82) is 0 Å². The Hall–Kier alpha value is -1.78. The highest BCUT2D eigenvalue weighted by molar-refractivity contribution is 5.96. The zero-order chi connectivity index (χ0) is 9.14. The first-order chi connectivity index (χ1) is 5.65. The monoisotopic (exact) mass is 166 g/mol. The quantitative estimate of drug-likeness (QED) is 0.222. The van der Waals surface area contributed by atoms with Crippen molar-refractivity contribution in [3.63, 3.8) is 0 Å². The SMILES string of the molecule is Cc1cc(=O)c(C(N)=NN)c[nH]1. The van der Waals surface area contributed by atoms with Crippen LogP contribution in [0.3, 0.4) is 0 Å². The van der Waals surface area contributed by atoms with Crippen LogP contribution in [-0.4, -0.2) is 10.8 Å². The van der Waals surface area contributed by atoms with E-state index in [0.717, 1.165) is 5.69 Å². The van der Waals surface area contributed by atoms with Gasteiger partial charge in [0.05, 0.1) is 5.56 Å². The fourth-order valence-electron chi connectivity index (χ4n) is 0.843. The lowest BCUT2D eigenvalue weighted by atomic mass is 10.2. The molecule has 0 atom stereocenters. The molecule has 0 spiro atoms. The van der Waals surface area contributed by atoms with Gasteiger partial charge in [0, 0.05) is 18.0 Å². The number of rotatable bonds is 1. The molecule has 1 heterocycles. The number of aryl methyl sites for hydroxylation is 1. The normalized spacial score (nSPS) is 11.6. The Bertz CT molecular complexity index is 366. The lowest BCUT2D eigenvalue weighted by Crippen LogP contribution is -2.24. The minimum Gasteiger partial charge on any atom is -0.382 e. The second-order valence-corrected chi connectivity index (χ2v) is 2.41. The number of hydrogen-bond acceptors (Lipinski definition) is 3. The summed E-state index contributed by atoms with van der Waals surface area (Å²) in [6.45, 7) is 1.78. The fraction of sp³-hybridized carbons (Fsp3) is 0.143. The number of amidine groups is 1. The summed E-state index contributed by atoms with van der Waals surface area (Å²) >= 11 is 0. The highest BCUT2D eigenvalue weighted by Crippen LogP contribution is 1.90. The topological polar surface area (TPSA) is 97.3 Å². The minimum atomic E-state index is -0.182. The number of hydrogen-bond donors (Lipinski definition) is 3. The molecule has 0 unspecified atom stereocenters. The van der Waals surface area contributed by atoms with Crippen LogP contribution in [0, 0.1) is 6.92 Å². The molecule has 0 aliphatic heterocycles. The Balaban J connectivity index is 3.28. The van der Waals surface area contributed by atoms with Crippen molar-refractivity contribution in [2.24, 2.45) is 16.7 Å². The Morgan fingerprint density at radius 1 is 1.67 bits per heavy atom. The Morgan fingerprint density at radius 3 is 2.83 bits per heavy atom. The molecule has 1 aromatic rings. The molecule has 0 aliphatic rings. The van der Waals surface area contributed by atoms with E-state index >= 15 is 0 Å². The molecule has 5 heteroatoms. The molecule has 1 aromatic heterocycles. The molecule has 64 valence electrons. The lowest BCUT2D eigenvalue weighted by Gasteiger charge is -1.97. The Kier molecular flexibility index (Phi) is 2.14. The van der Waals surface area contributed by atoms with Crippen LogP contribution in [0.25, 0.3) is 0 Å². The molecular weight excluding hydrogens is 156 g/mol. The van der Waals surface area contributed by atoms with Crippen molar-refractivity contribution in [2.75, 3.05) is 0 Å². The van der Waals surface area contributed by atoms with E-state index in [1.54, 1.807) is 6.92 Å². The maximum Gasteiger partial charge on any atom is 0.192 e. The molecule has 1 rings (SSSR count). The van der Waals surface area contributed by atoms with E-state index in [4.69, 9.17) is 11.6 Å². The second kappa shape index (κ2) is 3.08. The van der Waals surface area contributed by atoms with E-state index in [9.17, 15) is 4.79 Å². The van der Waals surface area contributed by atoms with Gasteiger partial charge in [0.2, 0.25) is 0 Å². The van der Waals surface area contributed by atoms with Crippen LogP contribution in [-0.2, 0) is 0 Å². The van der Waals surface area contributed by atoms with Gasteiger partial charge < -0.3 is 16.6 Å². The van der Waals surface area contributed by atoms with Crippen LogP contribution in [0.1, 0.15) is 11.3 Å². The van der Waals surface area contributed by atoms with E-state index in [0.29, 0.717) is 5.56 Å².